The molecule has 0 spiro atoms. The highest BCUT2D eigenvalue weighted by molar-refractivity contribution is 6.04. The molecule has 0 saturated heterocycles. The predicted octanol–water partition coefficient (Wildman–Crippen LogP) is 7.47. The molecular formula is C26H24. The second kappa shape index (κ2) is 6.46. The third-order valence-corrected chi connectivity index (χ3v) is 5.03. The zero-order valence-corrected chi connectivity index (χ0v) is 15.7. The maximum Gasteiger partial charge on any atom is -0.00267 e. The fourth-order valence-corrected chi connectivity index (χ4v) is 3.58. The van der Waals surface area contributed by atoms with Gasteiger partial charge in [0.05, 0.1) is 0 Å². The lowest BCUT2D eigenvalue weighted by Gasteiger charge is -2.21. The predicted molar refractivity (Wildman–Crippen MR) is 114 cm³/mol. The lowest BCUT2D eigenvalue weighted by Crippen LogP contribution is -2.10. The average molecular weight is 336 g/mol. The molecule has 0 saturated carbocycles. The molecule has 0 aliphatic rings. The Bertz CT molecular complexity index is 1050. The topological polar surface area (TPSA) is 0 Å². The van der Waals surface area contributed by atoms with Crippen LogP contribution in [0.4, 0.5) is 0 Å². The minimum atomic E-state index is 0.132. The van der Waals surface area contributed by atoms with Crippen molar-refractivity contribution in [1.29, 1.82) is 0 Å². The molecule has 4 aromatic carbocycles. The Hall–Kier alpha value is -2.86. The summed E-state index contributed by atoms with van der Waals surface area (Å²) in [7, 11) is 0. The fraction of sp³-hybridized carbons (Fsp3) is 0.154. The van der Waals surface area contributed by atoms with Crippen molar-refractivity contribution in [3.8, 4) is 22.3 Å². The number of rotatable bonds is 2. The molecule has 0 heteroatoms. The lowest BCUT2D eigenvalue weighted by atomic mass is 9.83. The van der Waals surface area contributed by atoms with Crippen LogP contribution in [0, 0.1) is 0 Å². The molecule has 0 N–H and O–H groups in total. The van der Waals surface area contributed by atoms with E-state index in [0.717, 1.165) is 0 Å². The molecule has 0 heterocycles. The van der Waals surface area contributed by atoms with Gasteiger partial charge in [0.15, 0.2) is 0 Å². The summed E-state index contributed by atoms with van der Waals surface area (Å²) < 4.78 is 0. The highest BCUT2D eigenvalue weighted by Crippen LogP contribution is 2.39. The van der Waals surface area contributed by atoms with E-state index in [-0.39, 0.29) is 5.41 Å². The summed E-state index contributed by atoms with van der Waals surface area (Å²) in [4.78, 5) is 0. The van der Waals surface area contributed by atoms with Crippen molar-refractivity contribution in [2.75, 3.05) is 0 Å². The van der Waals surface area contributed by atoms with Crippen molar-refractivity contribution in [2.24, 2.45) is 0 Å². The summed E-state index contributed by atoms with van der Waals surface area (Å²) in [6.45, 7) is 6.81. The first-order valence-electron chi connectivity index (χ1n) is 9.22. The molecule has 128 valence electrons. The van der Waals surface area contributed by atoms with E-state index in [2.05, 4.69) is 112 Å². The van der Waals surface area contributed by atoms with Gasteiger partial charge in [0.1, 0.15) is 0 Å². The quantitative estimate of drug-likeness (QED) is 0.356. The number of fused-ring (bicyclic) bond motifs is 1. The highest BCUT2D eigenvalue weighted by atomic mass is 14.2. The van der Waals surface area contributed by atoms with E-state index in [1.54, 1.807) is 0 Å². The van der Waals surface area contributed by atoms with Gasteiger partial charge in [0.25, 0.3) is 0 Å². The molecule has 0 nitrogen and oxygen atoms in total. The molecule has 4 aromatic rings. The van der Waals surface area contributed by atoms with Crippen LogP contribution >= 0.6 is 0 Å². The molecular weight excluding hydrogens is 312 g/mol. The molecule has 0 aromatic heterocycles. The van der Waals surface area contributed by atoms with Crippen LogP contribution in [0.2, 0.25) is 0 Å². The monoisotopic (exact) mass is 336 g/mol. The van der Waals surface area contributed by atoms with Crippen LogP contribution in [0.25, 0.3) is 33.0 Å². The Morgan fingerprint density at radius 3 is 2.04 bits per heavy atom. The van der Waals surface area contributed by atoms with E-state index in [9.17, 15) is 0 Å². The molecule has 0 bridgehead atoms. The van der Waals surface area contributed by atoms with Gasteiger partial charge in [0, 0.05) is 0 Å². The molecule has 0 aliphatic heterocycles. The van der Waals surface area contributed by atoms with Crippen LogP contribution in [-0.2, 0) is 5.41 Å². The van der Waals surface area contributed by atoms with Gasteiger partial charge >= 0.3 is 0 Å². The van der Waals surface area contributed by atoms with Crippen molar-refractivity contribution >= 4 is 10.8 Å². The molecule has 26 heavy (non-hydrogen) atoms. The Morgan fingerprint density at radius 2 is 1.27 bits per heavy atom. The Kier molecular flexibility index (Phi) is 4.12. The normalized spacial score (nSPS) is 11.7. The maximum absolute atomic E-state index is 2.36. The van der Waals surface area contributed by atoms with Crippen LogP contribution in [0.5, 0.6) is 0 Å². The van der Waals surface area contributed by atoms with E-state index >= 15 is 0 Å². The van der Waals surface area contributed by atoms with Gasteiger partial charge in [-0.15, -0.1) is 0 Å². The molecule has 0 aliphatic carbocycles. The van der Waals surface area contributed by atoms with Crippen molar-refractivity contribution in [2.45, 2.75) is 26.2 Å². The van der Waals surface area contributed by atoms with Crippen LogP contribution < -0.4 is 0 Å². The molecule has 0 fully saturated rings. The van der Waals surface area contributed by atoms with Gasteiger partial charge in [-0.1, -0.05) is 112 Å². The van der Waals surface area contributed by atoms with Crippen LogP contribution in [0.3, 0.4) is 0 Å². The number of benzene rings is 4. The van der Waals surface area contributed by atoms with Crippen LogP contribution in [-0.4, -0.2) is 0 Å². The van der Waals surface area contributed by atoms with E-state index in [1.165, 1.54) is 38.6 Å². The standard InChI is InChI=1S/C26H24/c1-26(2,3)22-14-9-13-21(18-22)25-23-15-8-7-12-20(23)16-17-24(25)19-10-5-4-6-11-19/h4-18H,1-3H3. The van der Waals surface area contributed by atoms with Gasteiger partial charge in [-0.05, 0) is 44.0 Å². The van der Waals surface area contributed by atoms with Gasteiger partial charge < -0.3 is 0 Å². The van der Waals surface area contributed by atoms with Gasteiger partial charge in [0.2, 0.25) is 0 Å². The first-order valence-corrected chi connectivity index (χ1v) is 9.22. The van der Waals surface area contributed by atoms with Crippen LogP contribution in [0.15, 0.2) is 91.0 Å². The van der Waals surface area contributed by atoms with Crippen molar-refractivity contribution < 1.29 is 0 Å². The molecule has 0 amide bonds. The average Bonchev–Trinajstić information content (AvgIpc) is 2.67. The van der Waals surface area contributed by atoms with Gasteiger partial charge in [-0.3, -0.25) is 0 Å². The van der Waals surface area contributed by atoms with Gasteiger partial charge in [-0.2, -0.15) is 0 Å². The van der Waals surface area contributed by atoms with E-state index in [4.69, 9.17) is 0 Å². The minimum Gasteiger partial charge on any atom is -0.0622 e. The van der Waals surface area contributed by atoms with E-state index in [0.29, 0.717) is 0 Å². The minimum absolute atomic E-state index is 0.132. The Morgan fingerprint density at radius 1 is 0.577 bits per heavy atom. The first kappa shape index (κ1) is 16.6. The number of hydrogen-bond donors (Lipinski definition) is 0. The van der Waals surface area contributed by atoms with Crippen molar-refractivity contribution in [1.82, 2.24) is 0 Å². The Labute approximate surface area is 156 Å². The lowest BCUT2D eigenvalue weighted by molar-refractivity contribution is 0.590. The summed E-state index contributed by atoms with van der Waals surface area (Å²) in [5, 5.41) is 2.59. The number of hydrogen-bond acceptors (Lipinski definition) is 0. The van der Waals surface area contributed by atoms with Crippen LogP contribution in [0.1, 0.15) is 26.3 Å². The summed E-state index contributed by atoms with van der Waals surface area (Å²) in [6, 6.07) is 32.9. The SMILES string of the molecule is CC(C)(C)c1cccc(-c2c(-c3ccccc3)ccc3ccccc23)c1. The van der Waals surface area contributed by atoms with E-state index < -0.39 is 0 Å². The maximum atomic E-state index is 2.36. The fourth-order valence-electron chi connectivity index (χ4n) is 3.58. The molecule has 0 atom stereocenters. The van der Waals surface area contributed by atoms with Crippen molar-refractivity contribution in [3.05, 3.63) is 96.6 Å². The largest absolute Gasteiger partial charge is 0.0622 e. The van der Waals surface area contributed by atoms with E-state index in [1.807, 2.05) is 0 Å². The smallest absolute Gasteiger partial charge is 0.00267 e. The first-order chi connectivity index (χ1) is 12.5. The zero-order valence-electron chi connectivity index (χ0n) is 15.7. The third kappa shape index (κ3) is 3.04. The molecule has 0 unspecified atom stereocenters. The summed E-state index contributed by atoms with van der Waals surface area (Å²) in [5.74, 6) is 0. The summed E-state index contributed by atoms with van der Waals surface area (Å²) >= 11 is 0. The van der Waals surface area contributed by atoms with Crippen molar-refractivity contribution in [3.63, 3.8) is 0 Å². The second-order valence-electron chi connectivity index (χ2n) is 7.91. The Balaban J connectivity index is 2.05. The second-order valence-corrected chi connectivity index (χ2v) is 7.91. The third-order valence-electron chi connectivity index (χ3n) is 5.03. The van der Waals surface area contributed by atoms with Gasteiger partial charge in [-0.25, -0.2) is 0 Å². The molecule has 4 rings (SSSR count). The summed E-state index contributed by atoms with van der Waals surface area (Å²) in [6.07, 6.45) is 0. The molecule has 0 radical (unpaired) electrons. The highest BCUT2D eigenvalue weighted by Gasteiger charge is 2.16. The zero-order chi connectivity index (χ0) is 18.1. The summed E-state index contributed by atoms with van der Waals surface area (Å²) in [5.41, 5.74) is 6.65.